The highest BCUT2D eigenvalue weighted by Gasteiger charge is 2.29. The monoisotopic (exact) mass is 329 g/mol. The number of anilines is 1. The average molecular weight is 329 g/mol. The van der Waals surface area contributed by atoms with E-state index >= 15 is 0 Å². The maximum Gasteiger partial charge on any atom is 0.280 e. The van der Waals surface area contributed by atoms with Crippen LogP contribution in [0.4, 0.5) is 5.69 Å². The van der Waals surface area contributed by atoms with Crippen LogP contribution in [-0.2, 0) is 11.8 Å². The zero-order chi connectivity index (χ0) is 17.6. The summed E-state index contributed by atoms with van der Waals surface area (Å²) in [7, 11) is 2.05. The van der Waals surface area contributed by atoms with Gasteiger partial charge in [-0.05, 0) is 38.1 Å². The minimum absolute atomic E-state index is 0.0870. The highest BCUT2D eigenvalue weighted by molar-refractivity contribution is 6.32. The summed E-state index contributed by atoms with van der Waals surface area (Å²) >= 11 is 0. The quantitative estimate of drug-likeness (QED) is 0.646. The van der Waals surface area contributed by atoms with E-state index in [2.05, 4.69) is 28.7 Å². The van der Waals surface area contributed by atoms with Crippen molar-refractivity contribution >= 4 is 34.3 Å². The Kier molecular flexibility index (Phi) is 3.53. The van der Waals surface area contributed by atoms with Gasteiger partial charge in [-0.15, -0.1) is 0 Å². The van der Waals surface area contributed by atoms with Gasteiger partial charge in [0.15, 0.2) is 0 Å². The number of aromatic nitrogens is 1. The molecule has 2 heterocycles. The van der Waals surface area contributed by atoms with Crippen LogP contribution in [0, 0.1) is 6.92 Å². The number of hydrogen-bond acceptors (Lipinski definition) is 2. The Morgan fingerprint density at radius 1 is 0.960 bits per heavy atom. The minimum atomic E-state index is -0.0870. The molecule has 0 N–H and O–H groups in total. The Hall–Kier alpha value is -3.14. The van der Waals surface area contributed by atoms with Gasteiger partial charge in [-0.1, -0.05) is 36.4 Å². The number of amides is 1. The summed E-state index contributed by atoms with van der Waals surface area (Å²) in [6, 6.07) is 17.8. The molecule has 124 valence electrons. The zero-order valence-corrected chi connectivity index (χ0v) is 14.5. The molecule has 1 amide bonds. The van der Waals surface area contributed by atoms with Gasteiger partial charge in [0, 0.05) is 29.2 Å². The lowest BCUT2D eigenvalue weighted by Gasteiger charge is -2.11. The number of hydrazone groups is 1. The summed E-state index contributed by atoms with van der Waals surface area (Å²) in [5.74, 6) is -0.0870. The van der Waals surface area contributed by atoms with Gasteiger partial charge < -0.3 is 4.57 Å². The van der Waals surface area contributed by atoms with Crippen molar-refractivity contribution in [1.29, 1.82) is 0 Å². The Balaban J connectivity index is 1.83. The fourth-order valence-electron chi connectivity index (χ4n) is 3.31. The van der Waals surface area contributed by atoms with Crippen LogP contribution in [0.15, 0.2) is 65.3 Å². The van der Waals surface area contributed by atoms with Gasteiger partial charge in [-0.2, -0.15) is 10.1 Å². The van der Waals surface area contributed by atoms with E-state index in [-0.39, 0.29) is 5.91 Å². The fourth-order valence-corrected chi connectivity index (χ4v) is 3.31. The third-order valence-corrected chi connectivity index (χ3v) is 4.80. The zero-order valence-electron chi connectivity index (χ0n) is 14.5. The number of fused-ring (bicyclic) bond motifs is 1. The smallest absolute Gasteiger partial charge is 0.280 e. The fraction of sp³-hybridized carbons (Fsp3) is 0.143. The van der Waals surface area contributed by atoms with Crippen molar-refractivity contribution in [2.24, 2.45) is 12.1 Å². The number of aryl methyl sites for hydroxylation is 1. The van der Waals surface area contributed by atoms with E-state index in [0.717, 1.165) is 33.6 Å². The van der Waals surface area contributed by atoms with Gasteiger partial charge in [-0.3, -0.25) is 4.79 Å². The van der Waals surface area contributed by atoms with Crippen molar-refractivity contribution in [3.8, 4) is 0 Å². The molecule has 4 heteroatoms. The van der Waals surface area contributed by atoms with Crippen LogP contribution in [0.2, 0.25) is 0 Å². The van der Waals surface area contributed by atoms with E-state index in [1.807, 2.05) is 62.5 Å². The number of carbonyl (C=O) groups is 1. The van der Waals surface area contributed by atoms with E-state index in [0.29, 0.717) is 5.57 Å². The maximum absolute atomic E-state index is 12.9. The van der Waals surface area contributed by atoms with E-state index in [1.165, 1.54) is 5.01 Å². The van der Waals surface area contributed by atoms with E-state index in [4.69, 9.17) is 0 Å². The van der Waals surface area contributed by atoms with Crippen LogP contribution in [0.3, 0.4) is 0 Å². The average Bonchev–Trinajstić information content (AvgIpc) is 3.06. The molecule has 1 aliphatic heterocycles. The standard InChI is InChI=1S/C21H19N3O/c1-14-18(21(25)24(22-14)16-9-5-4-6-10-16)13-19-15(2)23(3)20-12-8-7-11-17(19)20/h4-13H,1-3H3/b18-13-. The second-order valence-electron chi connectivity index (χ2n) is 6.27. The van der Waals surface area contributed by atoms with Crippen LogP contribution < -0.4 is 5.01 Å². The molecule has 4 rings (SSSR count). The van der Waals surface area contributed by atoms with Crippen molar-refractivity contribution in [2.75, 3.05) is 5.01 Å². The number of hydrogen-bond donors (Lipinski definition) is 0. The van der Waals surface area contributed by atoms with Crippen molar-refractivity contribution in [3.63, 3.8) is 0 Å². The predicted octanol–water partition coefficient (Wildman–Crippen LogP) is 4.29. The lowest BCUT2D eigenvalue weighted by molar-refractivity contribution is -0.114. The topological polar surface area (TPSA) is 37.6 Å². The summed E-state index contributed by atoms with van der Waals surface area (Å²) in [4.78, 5) is 12.9. The summed E-state index contributed by atoms with van der Waals surface area (Å²) in [6.07, 6.45) is 1.97. The molecule has 0 spiro atoms. The van der Waals surface area contributed by atoms with E-state index in [1.54, 1.807) is 0 Å². The van der Waals surface area contributed by atoms with Crippen LogP contribution in [0.25, 0.3) is 17.0 Å². The number of carbonyl (C=O) groups excluding carboxylic acids is 1. The van der Waals surface area contributed by atoms with Gasteiger partial charge >= 0.3 is 0 Å². The molecule has 2 aromatic carbocycles. The van der Waals surface area contributed by atoms with Gasteiger partial charge in [-0.25, -0.2) is 0 Å². The molecule has 0 unspecified atom stereocenters. The summed E-state index contributed by atoms with van der Waals surface area (Å²) in [5.41, 5.74) is 5.53. The second kappa shape index (κ2) is 5.74. The van der Waals surface area contributed by atoms with Gasteiger partial charge in [0.05, 0.1) is 17.0 Å². The molecule has 0 radical (unpaired) electrons. The third-order valence-electron chi connectivity index (χ3n) is 4.80. The Labute approximate surface area is 146 Å². The molecule has 0 saturated carbocycles. The highest BCUT2D eigenvalue weighted by atomic mass is 16.2. The first-order chi connectivity index (χ1) is 12.1. The maximum atomic E-state index is 12.9. The van der Waals surface area contributed by atoms with E-state index in [9.17, 15) is 4.79 Å². The van der Waals surface area contributed by atoms with Gasteiger partial charge in [0.1, 0.15) is 0 Å². The van der Waals surface area contributed by atoms with Gasteiger partial charge in [0.2, 0.25) is 0 Å². The molecule has 1 aliphatic rings. The lowest BCUT2D eigenvalue weighted by atomic mass is 10.0. The first-order valence-electron chi connectivity index (χ1n) is 8.28. The molecule has 3 aromatic rings. The van der Waals surface area contributed by atoms with Crippen LogP contribution in [-0.4, -0.2) is 16.2 Å². The first-order valence-corrected chi connectivity index (χ1v) is 8.28. The Morgan fingerprint density at radius 3 is 2.40 bits per heavy atom. The molecular weight excluding hydrogens is 310 g/mol. The Bertz CT molecular complexity index is 1040. The summed E-state index contributed by atoms with van der Waals surface area (Å²) < 4.78 is 2.16. The molecule has 25 heavy (non-hydrogen) atoms. The predicted molar refractivity (Wildman–Crippen MR) is 103 cm³/mol. The summed E-state index contributed by atoms with van der Waals surface area (Å²) in [5, 5.41) is 7.08. The largest absolute Gasteiger partial charge is 0.347 e. The minimum Gasteiger partial charge on any atom is -0.347 e. The molecule has 4 nitrogen and oxygen atoms in total. The molecular formula is C21H19N3O. The second-order valence-corrected chi connectivity index (χ2v) is 6.27. The number of para-hydroxylation sites is 2. The van der Waals surface area contributed by atoms with Crippen molar-refractivity contribution in [1.82, 2.24) is 4.57 Å². The van der Waals surface area contributed by atoms with Crippen molar-refractivity contribution in [3.05, 3.63) is 71.4 Å². The normalized spacial score (nSPS) is 16.1. The molecule has 0 fully saturated rings. The highest BCUT2D eigenvalue weighted by Crippen LogP contribution is 2.30. The van der Waals surface area contributed by atoms with Crippen LogP contribution >= 0.6 is 0 Å². The van der Waals surface area contributed by atoms with E-state index < -0.39 is 0 Å². The SMILES string of the molecule is CC1=NN(c2ccccc2)C(=O)/C1=C\c1c(C)n(C)c2ccccc12. The Morgan fingerprint density at radius 2 is 1.64 bits per heavy atom. The molecule has 0 aliphatic carbocycles. The van der Waals surface area contributed by atoms with Crippen molar-refractivity contribution in [2.45, 2.75) is 13.8 Å². The summed E-state index contributed by atoms with van der Waals surface area (Å²) in [6.45, 7) is 3.96. The van der Waals surface area contributed by atoms with Crippen molar-refractivity contribution < 1.29 is 4.79 Å². The van der Waals surface area contributed by atoms with Crippen LogP contribution in [0.5, 0.6) is 0 Å². The molecule has 1 aromatic heterocycles. The van der Waals surface area contributed by atoms with Crippen LogP contribution in [0.1, 0.15) is 18.2 Å². The van der Waals surface area contributed by atoms with Gasteiger partial charge in [0.25, 0.3) is 5.91 Å². The molecule has 0 saturated heterocycles. The number of benzene rings is 2. The molecule has 0 bridgehead atoms. The number of rotatable bonds is 2. The lowest BCUT2D eigenvalue weighted by Crippen LogP contribution is -2.21. The number of nitrogens with zero attached hydrogens (tertiary/aromatic N) is 3. The molecule has 0 atom stereocenters. The third kappa shape index (κ3) is 2.38. The first kappa shape index (κ1) is 15.4.